The van der Waals surface area contributed by atoms with Crippen LogP contribution in [0.5, 0.6) is 0 Å². The quantitative estimate of drug-likeness (QED) is 0.598. The molecule has 66 valence electrons. The van der Waals surface area contributed by atoms with Crippen molar-refractivity contribution in [2.24, 2.45) is 4.40 Å². The van der Waals surface area contributed by atoms with Crippen LogP contribution in [0.15, 0.2) is 16.0 Å². The van der Waals surface area contributed by atoms with Crippen LogP contribution in [-0.4, -0.2) is 25.3 Å². The van der Waals surface area contributed by atoms with Gasteiger partial charge in [0, 0.05) is 6.20 Å². The van der Waals surface area contributed by atoms with Gasteiger partial charge >= 0.3 is 5.97 Å². The molecule has 7 heteroatoms. The van der Waals surface area contributed by atoms with Gasteiger partial charge < -0.3 is 10.4 Å². The minimum Gasteiger partial charge on any atom is -0.481 e. The largest absolute Gasteiger partial charge is 0.481 e. The summed E-state index contributed by atoms with van der Waals surface area (Å²) in [6.07, 6.45) is 0.712. The number of sulfonamides is 1. The fourth-order valence-electron chi connectivity index (χ4n) is 0.653. The average Bonchev–Trinajstić information content (AvgIpc) is 1.82. The van der Waals surface area contributed by atoms with Gasteiger partial charge in [-0.15, -0.1) is 4.40 Å². The van der Waals surface area contributed by atoms with Gasteiger partial charge in [-0.3, -0.25) is 4.79 Å². The molecular weight excluding hydrogens is 184 g/mol. The fourth-order valence-corrected chi connectivity index (χ4v) is 1.38. The number of hydrogen-bond acceptors (Lipinski definition) is 4. The highest BCUT2D eigenvalue weighted by atomic mass is 32.2. The van der Waals surface area contributed by atoms with Gasteiger partial charge in [-0.05, 0) is 0 Å². The summed E-state index contributed by atoms with van der Waals surface area (Å²) in [5.41, 5.74) is 0. The number of nitrogens with zero attached hydrogens (tertiary/aromatic N) is 1. The third-order valence-corrected chi connectivity index (χ3v) is 2.00. The number of nitrogens with one attached hydrogen (secondary N) is 1. The normalized spacial score (nSPS) is 19.5. The van der Waals surface area contributed by atoms with E-state index in [4.69, 9.17) is 5.11 Å². The van der Waals surface area contributed by atoms with E-state index in [-0.39, 0.29) is 5.84 Å². The molecule has 12 heavy (non-hydrogen) atoms. The highest BCUT2D eigenvalue weighted by Crippen LogP contribution is 2.01. The van der Waals surface area contributed by atoms with E-state index in [2.05, 4.69) is 9.71 Å². The number of hydrogen-bond donors (Lipinski definition) is 2. The van der Waals surface area contributed by atoms with Gasteiger partial charge in [-0.25, -0.2) is 0 Å². The molecule has 0 bridgehead atoms. The molecule has 1 heterocycles. The van der Waals surface area contributed by atoms with Crippen LogP contribution in [-0.2, 0) is 14.8 Å². The first kappa shape index (κ1) is 8.72. The number of amidine groups is 1. The zero-order chi connectivity index (χ0) is 9.19. The molecule has 1 aliphatic rings. The number of rotatable bonds is 2. The molecule has 0 radical (unpaired) electrons. The van der Waals surface area contributed by atoms with E-state index < -0.39 is 22.4 Å². The van der Waals surface area contributed by atoms with E-state index in [1.807, 2.05) is 0 Å². The Bertz CT molecular complexity index is 354. The summed E-state index contributed by atoms with van der Waals surface area (Å²) in [4.78, 5) is 10.1. The fraction of sp³-hybridized carbons (Fsp3) is 0.200. The molecule has 0 amide bonds. The molecule has 1 rings (SSSR count). The number of carboxylic acids is 1. The Morgan fingerprint density at radius 1 is 1.67 bits per heavy atom. The lowest BCUT2D eigenvalue weighted by Gasteiger charge is -2.05. The van der Waals surface area contributed by atoms with Crippen molar-refractivity contribution in [2.45, 2.75) is 6.42 Å². The predicted molar refractivity (Wildman–Crippen MR) is 40.9 cm³/mol. The summed E-state index contributed by atoms with van der Waals surface area (Å²) in [7, 11) is -3.60. The van der Waals surface area contributed by atoms with E-state index in [0.29, 0.717) is 0 Å². The van der Waals surface area contributed by atoms with E-state index in [1.54, 1.807) is 0 Å². The Balaban J connectivity index is 2.82. The van der Waals surface area contributed by atoms with Gasteiger partial charge in [0.1, 0.15) is 12.3 Å². The molecule has 6 nitrogen and oxygen atoms in total. The molecule has 0 spiro atoms. The molecule has 0 aromatic carbocycles. The molecule has 0 fully saturated rings. The van der Waals surface area contributed by atoms with Gasteiger partial charge in [0.2, 0.25) is 0 Å². The highest BCUT2D eigenvalue weighted by Gasteiger charge is 2.13. The van der Waals surface area contributed by atoms with Crippen molar-refractivity contribution in [1.82, 2.24) is 5.32 Å². The maximum atomic E-state index is 10.7. The van der Waals surface area contributed by atoms with Gasteiger partial charge in [-0.2, -0.15) is 8.42 Å². The van der Waals surface area contributed by atoms with Gasteiger partial charge in [0.15, 0.2) is 0 Å². The Morgan fingerprint density at radius 2 is 2.33 bits per heavy atom. The van der Waals surface area contributed by atoms with E-state index in [9.17, 15) is 13.2 Å². The van der Waals surface area contributed by atoms with Crippen molar-refractivity contribution in [1.29, 1.82) is 0 Å². The summed E-state index contributed by atoms with van der Waals surface area (Å²) in [5, 5.41) is 11.6. The SMILES string of the molecule is O=C(O)CC1=NS(=O)(=O)C=CN1. The lowest BCUT2D eigenvalue weighted by Crippen LogP contribution is -2.25. The van der Waals surface area contributed by atoms with Crippen molar-refractivity contribution < 1.29 is 18.3 Å². The first-order chi connectivity index (χ1) is 5.49. The zero-order valence-electron chi connectivity index (χ0n) is 5.89. The summed E-state index contributed by atoms with van der Waals surface area (Å²) in [5.74, 6) is -1.21. The molecule has 0 aliphatic carbocycles. The zero-order valence-corrected chi connectivity index (χ0v) is 6.71. The van der Waals surface area contributed by atoms with Crippen molar-refractivity contribution in [3.63, 3.8) is 0 Å². The summed E-state index contributed by atoms with van der Waals surface area (Å²) >= 11 is 0. The molecule has 0 aromatic heterocycles. The van der Waals surface area contributed by atoms with Crippen molar-refractivity contribution in [2.75, 3.05) is 0 Å². The smallest absolute Gasteiger partial charge is 0.311 e. The molecular formula is C5H6N2O4S. The van der Waals surface area contributed by atoms with Gasteiger partial charge in [0.25, 0.3) is 10.0 Å². The summed E-state index contributed by atoms with van der Waals surface area (Å²) < 4.78 is 24.6. The predicted octanol–water partition coefficient (Wildman–Crippen LogP) is -0.736. The number of aliphatic carboxylic acids is 1. The summed E-state index contributed by atoms with van der Waals surface area (Å²) in [6, 6.07) is 0. The second-order valence-electron chi connectivity index (χ2n) is 2.07. The lowest BCUT2D eigenvalue weighted by molar-refractivity contribution is -0.135. The molecule has 0 saturated heterocycles. The van der Waals surface area contributed by atoms with Crippen molar-refractivity contribution in [3.8, 4) is 0 Å². The average molecular weight is 190 g/mol. The van der Waals surface area contributed by atoms with E-state index >= 15 is 0 Å². The molecule has 0 saturated carbocycles. The first-order valence-electron chi connectivity index (χ1n) is 2.98. The molecule has 0 unspecified atom stereocenters. The van der Waals surface area contributed by atoms with Crippen LogP contribution in [0.4, 0.5) is 0 Å². The second kappa shape index (κ2) is 2.94. The molecule has 0 aromatic rings. The number of carboxylic acid groups (broad SMARTS) is 1. The van der Waals surface area contributed by atoms with Crippen LogP contribution in [0.1, 0.15) is 6.42 Å². The van der Waals surface area contributed by atoms with Crippen LogP contribution in [0.3, 0.4) is 0 Å². The van der Waals surface area contributed by atoms with Gasteiger partial charge in [0.05, 0.1) is 5.41 Å². The van der Waals surface area contributed by atoms with Gasteiger partial charge in [-0.1, -0.05) is 0 Å². The third kappa shape index (κ3) is 2.35. The Hall–Kier alpha value is -1.37. The van der Waals surface area contributed by atoms with E-state index in [1.165, 1.54) is 0 Å². The van der Waals surface area contributed by atoms with E-state index in [0.717, 1.165) is 11.6 Å². The van der Waals surface area contributed by atoms with Crippen molar-refractivity contribution >= 4 is 21.8 Å². The minimum atomic E-state index is -3.60. The van der Waals surface area contributed by atoms with Crippen LogP contribution in [0.2, 0.25) is 0 Å². The highest BCUT2D eigenvalue weighted by molar-refractivity contribution is 7.93. The Morgan fingerprint density at radius 3 is 2.83 bits per heavy atom. The standard InChI is InChI=1S/C5H6N2O4S/c8-5(9)3-4-6-1-2-12(10,11)7-4/h1-2H,3H2,(H,6,7)(H,8,9). The molecule has 2 N–H and O–H groups in total. The monoisotopic (exact) mass is 190 g/mol. The van der Waals surface area contributed by atoms with Crippen LogP contribution in [0.25, 0.3) is 0 Å². The topological polar surface area (TPSA) is 95.8 Å². The lowest BCUT2D eigenvalue weighted by atomic mass is 10.4. The maximum absolute atomic E-state index is 10.7. The van der Waals surface area contributed by atoms with Crippen LogP contribution < -0.4 is 5.32 Å². The molecule has 1 aliphatic heterocycles. The minimum absolute atomic E-state index is 0.0787. The van der Waals surface area contributed by atoms with Crippen LogP contribution in [0, 0.1) is 0 Å². The molecule has 0 atom stereocenters. The Kier molecular flexibility index (Phi) is 2.13. The maximum Gasteiger partial charge on any atom is 0.311 e. The van der Waals surface area contributed by atoms with Crippen molar-refractivity contribution in [3.05, 3.63) is 11.6 Å². The Labute approximate surface area is 68.7 Å². The first-order valence-corrected chi connectivity index (χ1v) is 4.49. The third-order valence-electron chi connectivity index (χ3n) is 1.05. The summed E-state index contributed by atoms with van der Waals surface area (Å²) in [6.45, 7) is 0. The number of carbonyl (C=O) groups is 1. The van der Waals surface area contributed by atoms with Crippen LogP contribution >= 0.6 is 0 Å². The second-order valence-corrected chi connectivity index (χ2v) is 3.56.